The molecule has 3 N–H and O–H groups in total. The van der Waals surface area contributed by atoms with Crippen LogP contribution in [0.5, 0.6) is 11.5 Å². The fourth-order valence-corrected chi connectivity index (χ4v) is 3.04. The Morgan fingerprint density at radius 2 is 2.08 bits per heavy atom. The van der Waals surface area contributed by atoms with Gasteiger partial charge in [-0.3, -0.25) is 9.78 Å². The number of benzene rings is 1. The standard InChI is InChI=1S/C19H22FN3O2/c20-16-11-14(6-7-17(16)25-15-5-4-10-22-13-15)12-23-18(24)19(21)8-2-1-3-9-19/h4-7,10-11,13H,1-3,8-9,12,21H2,(H,23,24). The molecule has 3 rings (SSSR count). The molecule has 0 radical (unpaired) electrons. The number of aromatic nitrogens is 1. The minimum absolute atomic E-state index is 0.116. The monoisotopic (exact) mass is 343 g/mol. The maximum absolute atomic E-state index is 14.2. The maximum atomic E-state index is 14.2. The molecule has 2 aromatic rings. The first-order valence-corrected chi connectivity index (χ1v) is 8.50. The van der Waals surface area contributed by atoms with Gasteiger partial charge in [0.05, 0.1) is 11.7 Å². The third-order valence-electron chi connectivity index (χ3n) is 4.51. The highest BCUT2D eigenvalue weighted by Crippen LogP contribution is 2.27. The zero-order valence-corrected chi connectivity index (χ0v) is 14.0. The molecular weight excluding hydrogens is 321 g/mol. The fourth-order valence-electron chi connectivity index (χ4n) is 3.04. The summed E-state index contributed by atoms with van der Waals surface area (Å²) in [6, 6.07) is 8.04. The minimum atomic E-state index is -0.792. The average Bonchev–Trinajstić information content (AvgIpc) is 2.63. The van der Waals surface area contributed by atoms with Gasteiger partial charge in [0.25, 0.3) is 0 Å². The van der Waals surface area contributed by atoms with Crippen LogP contribution in [0.4, 0.5) is 4.39 Å². The van der Waals surface area contributed by atoms with Crippen LogP contribution in [0.3, 0.4) is 0 Å². The molecule has 1 amide bonds. The van der Waals surface area contributed by atoms with Gasteiger partial charge in [-0.15, -0.1) is 0 Å². The fraction of sp³-hybridized carbons (Fsp3) is 0.368. The van der Waals surface area contributed by atoms with Crippen molar-refractivity contribution in [2.24, 2.45) is 5.73 Å². The molecule has 132 valence electrons. The third-order valence-corrected chi connectivity index (χ3v) is 4.51. The molecule has 1 aliphatic carbocycles. The lowest BCUT2D eigenvalue weighted by molar-refractivity contribution is -0.127. The predicted octanol–water partition coefficient (Wildman–Crippen LogP) is 3.29. The summed E-state index contributed by atoms with van der Waals surface area (Å²) in [5.74, 6) is -0.0745. The number of rotatable bonds is 5. The molecule has 0 saturated heterocycles. The van der Waals surface area contributed by atoms with Gasteiger partial charge >= 0.3 is 0 Å². The number of nitrogens with two attached hydrogens (primary N) is 1. The van der Waals surface area contributed by atoms with Gasteiger partial charge < -0.3 is 15.8 Å². The van der Waals surface area contributed by atoms with Crippen LogP contribution in [0.15, 0.2) is 42.7 Å². The van der Waals surface area contributed by atoms with E-state index >= 15 is 0 Å². The van der Waals surface area contributed by atoms with E-state index in [4.69, 9.17) is 10.5 Å². The normalized spacial score (nSPS) is 16.2. The largest absolute Gasteiger partial charge is 0.453 e. The summed E-state index contributed by atoms with van der Waals surface area (Å²) in [7, 11) is 0. The van der Waals surface area contributed by atoms with Crippen molar-refractivity contribution >= 4 is 5.91 Å². The van der Waals surface area contributed by atoms with Gasteiger partial charge in [-0.25, -0.2) is 4.39 Å². The van der Waals surface area contributed by atoms with Crippen LogP contribution in [0, 0.1) is 5.82 Å². The second-order valence-corrected chi connectivity index (χ2v) is 6.46. The Labute approximate surface area is 146 Å². The number of carbonyl (C=O) groups is 1. The smallest absolute Gasteiger partial charge is 0.240 e. The summed E-state index contributed by atoms with van der Waals surface area (Å²) in [5, 5.41) is 2.82. The molecule has 1 heterocycles. The highest BCUT2D eigenvalue weighted by molar-refractivity contribution is 5.86. The summed E-state index contributed by atoms with van der Waals surface area (Å²) >= 11 is 0. The number of nitrogens with one attached hydrogen (secondary N) is 1. The number of pyridine rings is 1. The molecule has 1 aromatic heterocycles. The molecule has 1 saturated carbocycles. The molecule has 0 spiro atoms. The Morgan fingerprint density at radius 1 is 1.28 bits per heavy atom. The predicted molar refractivity (Wildman–Crippen MR) is 92.6 cm³/mol. The van der Waals surface area contributed by atoms with Crippen molar-refractivity contribution in [2.45, 2.75) is 44.2 Å². The van der Waals surface area contributed by atoms with Crippen molar-refractivity contribution in [1.29, 1.82) is 0 Å². The Bertz CT molecular complexity index is 731. The molecule has 25 heavy (non-hydrogen) atoms. The van der Waals surface area contributed by atoms with E-state index in [9.17, 15) is 9.18 Å². The number of halogens is 1. The van der Waals surface area contributed by atoms with Gasteiger partial charge in [0.2, 0.25) is 5.91 Å². The Morgan fingerprint density at radius 3 is 2.76 bits per heavy atom. The summed E-state index contributed by atoms with van der Waals surface area (Å²) in [6.45, 7) is 0.238. The molecule has 5 nitrogen and oxygen atoms in total. The molecule has 0 bridgehead atoms. The number of hydrogen-bond acceptors (Lipinski definition) is 4. The molecule has 0 atom stereocenters. The van der Waals surface area contributed by atoms with E-state index in [2.05, 4.69) is 10.3 Å². The molecule has 6 heteroatoms. The van der Waals surface area contributed by atoms with E-state index < -0.39 is 11.4 Å². The van der Waals surface area contributed by atoms with Gasteiger partial charge in [0.1, 0.15) is 5.75 Å². The van der Waals surface area contributed by atoms with Gasteiger partial charge in [-0.05, 0) is 42.7 Å². The third kappa shape index (κ3) is 4.33. The molecule has 1 aliphatic rings. The van der Waals surface area contributed by atoms with E-state index in [1.54, 1.807) is 30.5 Å². The van der Waals surface area contributed by atoms with Crippen molar-refractivity contribution < 1.29 is 13.9 Å². The van der Waals surface area contributed by atoms with Gasteiger partial charge in [0.15, 0.2) is 11.6 Å². The molecule has 0 unspecified atom stereocenters. The first-order chi connectivity index (χ1) is 12.1. The van der Waals surface area contributed by atoms with Crippen LogP contribution in [-0.2, 0) is 11.3 Å². The Kier molecular flexibility index (Phi) is 5.28. The van der Waals surface area contributed by atoms with Crippen LogP contribution in [-0.4, -0.2) is 16.4 Å². The van der Waals surface area contributed by atoms with Crippen molar-refractivity contribution in [2.75, 3.05) is 0 Å². The number of nitrogens with zero attached hydrogens (tertiary/aromatic N) is 1. The summed E-state index contributed by atoms with van der Waals surface area (Å²) in [5.41, 5.74) is 6.06. The van der Waals surface area contributed by atoms with Crippen molar-refractivity contribution in [3.63, 3.8) is 0 Å². The molecular formula is C19H22FN3O2. The zero-order chi connectivity index (χ0) is 17.7. The van der Waals surface area contributed by atoms with Crippen LogP contribution >= 0.6 is 0 Å². The topological polar surface area (TPSA) is 77.2 Å². The first-order valence-electron chi connectivity index (χ1n) is 8.50. The zero-order valence-electron chi connectivity index (χ0n) is 14.0. The van der Waals surface area contributed by atoms with Crippen LogP contribution in [0.25, 0.3) is 0 Å². The molecule has 1 aromatic carbocycles. The summed E-state index contributed by atoms with van der Waals surface area (Å²) in [6.07, 6.45) is 7.59. The van der Waals surface area contributed by atoms with Crippen molar-refractivity contribution in [1.82, 2.24) is 10.3 Å². The molecule has 1 fully saturated rings. The van der Waals surface area contributed by atoms with E-state index in [0.29, 0.717) is 24.2 Å². The SMILES string of the molecule is NC1(C(=O)NCc2ccc(Oc3cccnc3)c(F)c2)CCCCC1. The van der Waals surface area contributed by atoms with Crippen molar-refractivity contribution in [3.8, 4) is 11.5 Å². The van der Waals surface area contributed by atoms with Gasteiger partial charge in [-0.2, -0.15) is 0 Å². The van der Waals surface area contributed by atoms with Crippen LogP contribution in [0.2, 0.25) is 0 Å². The van der Waals surface area contributed by atoms with Crippen LogP contribution in [0.1, 0.15) is 37.7 Å². The number of amides is 1. The molecule has 0 aliphatic heterocycles. The quantitative estimate of drug-likeness (QED) is 0.873. The van der Waals surface area contributed by atoms with Gasteiger partial charge in [-0.1, -0.05) is 25.3 Å². The average molecular weight is 343 g/mol. The van der Waals surface area contributed by atoms with E-state index in [1.165, 1.54) is 12.3 Å². The Balaban J connectivity index is 1.60. The highest BCUT2D eigenvalue weighted by atomic mass is 19.1. The minimum Gasteiger partial charge on any atom is -0.453 e. The summed E-state index contributed by atoms with van der Waals surface area (Å²) < 4.78 is 19.7. The lowest BCUT2D eigenvalue weighted by Crippen LogP contribution is -2.54. The lowest BCUT2D eigenvalue weighted by atomic mass is 9.82. The number of hydrogen-bond donors (Lipinski definition) is 2. The van der Waals surface area contributed by atoms with E-state index in [1.807, 2.05) is 0 Å². The summed E-state index contributed by atoms with van der Waals surface area (Å²) in [4.78, 5) is 16.2. The van der Waals surface area contributed by atoms with Crippen LogP contribution < -0.4 is 15.8 Å². The van der Waals surface area contributed by atoms with E-state index in [0.717, 1.165) is 19.3 Å². The van der Waals surface area contributed by atoms with Crippen molar-refractivity contribution in [3.05, 3.63) is 54.1 Å². The van der Waals surface area contributed by atoms with Gasteiger partial charge in [0, 0.05) is 12.7 Å². The number of carbonyl (C=O) groups excluding carboxylic acids is 1. The van der Waals surface area contributed by atoms with E-state index in [-0.39, 0.29) is 18.2 Å². The highest BCUT2D eigenvalue weighted by Gasteiger charge is 2.34. The first kappa shape index (κ1) is 17.4. The second kappa shape index (κ2) is 7.61. The second-order valence-electron chi connectivity index (χ2n) is 6.46. The maximum Gasteiger partial charge on any atom is 0.240 e. The lowest BCUT2D eigenvalue weighted by Gasteiger charge is -2.31. The Hall–Kier alpha value is -2.47. The number of ether oxygens (including phenoxy) is 1.